The van der Waals surface area contributed by atoms with E-state index in [0.717, 1.165) is 11.4 Å². The fraction of sp³-hybridized carbons (Fsp3) is 0.333. The summed E-state index contributed by atoms with van der Waals surface area (Å²) in [5, 5.41) is 5.82. The number of thiazole rings is 1. The number of ether oxygens (including phenoxy) is 1. The van der Waals surface area contributed by atoms with E-state index in [9.17, 15) is 4.79 Å². The highest BCUT2D eigenvalue weighted by Crippen LogP contribution is 2.28. The maximum Gasteiger partial charge on any atom is 0.275 e. The molecule has 0 radical (unpaired) electrons. The number of carbonyl (C=O) groups excluding carboxylic acids is 1. The number of nitrogens with one attached hydrogen (secondary N) is 1. The summed E-state index contributed by atoms with van der Waals surface area (Å²) in [5.74, 6) is 0.346. The van der Waals surface area contributed by atoms with Crippen molar-refractivity contribution in [1.29, 1.82) is 0 Å². The lowest BCUT2D eigenvalue weighted by molar-refractivity contribution is 0.102. The quantitative estimate of drug-likeness (QED) is 0.811. The van der Waals surface area contributed by atoms with Crippen molar-refractivity contribution in [1.82, 2.24) is 4.98 Å². The van der Waals surface area contributed by atoms with Crippen molar-refractivity contribution in [2.45, 2.75) is 19.8 Å². The summed E-state index contributed by atoms with van der Waals surface area (Å²) in [5.41, 5.74) is 6.46. The minimum atomic E-state index is -0.266. The van der Waals surface area contributed by atoms with Crippen molar-refractivity contribution in [2.24, 2.45) is 5.73 Å². The number of amides is 1. The van der Waals surface area contributed by atoms with Crippen LogP contribution in [0.3, 0.4) is 0 Å². The van der Waals surface area contributed by atoms with Crippen molar-refractivity contribution in [3.05, 3.63) is 39.3 Å². The summed E-state index contributed by atoms with van der Waals surface area (Å²) in [7, 11) is 0. The van der Waals surface area contributed by atoms with E-state index in [1.54, 1.807) is 23.6 Å². The third-order valence-electron chi connectivity index (χ3n) is 2.79. The van der Waals surface area contributed by atoms with Crippen LogP contribution in [0.25, 0.3) is 0 Å². The lowest BCUT2D eigenvalue weighted by atomic mass is 10.3. The molecule has 118 valence electrons. The Hall–Kier alpha value is -1.63. The standard InChI is InChI=1S/C15H18ClN3O2S/c1-2-7-21-13-4-3-10(8-11(13)16)18-15(20)12-9-22-14(19-12)5-6-17/h3-4,8-9H,2,5-7,17H2,1H3,(H,18,20). The molecular weight excluding hydrogens is 322 g/mol. The highest BCUT2D eigenvalue weighted by Gasteiger charge is 2.12. The first-order chi connectivity index (χ1) is 10.6. The number of hydrogen-bond donors (Lipinski definition) is 2. The molecule has 0 bridgehead atoms. The first-order valence-corrected chi connectivity index (χ1v) is 8.28. The SMILES string of the molecule is CCCOc1ccc(NC(=O)c2csc(CCN)n2)cc1Cl. The number of nitrogens with two attached hydrogens (primary N) is 1. The zero-order chi connectivity index (χ0) is 15.9. The van der Waals surface area contributed by atoms with E-state index >= 15 is 0 Å². The zero-order valence-corrected chi connectivity index (χ0v) is 13.8. The maximum atomic E-state index is 12.1. The number of aromatic nitrogens is 1. The molecule has 0 atom stereocenters. The number of hydrogen-bond acceptors (Lipinski definition) is 5. The second kappa shape index (κ2) is 8.12. The molecule has 0 unspecified atom stereocenters. The number of halogens is 1. The minimum Gasteiger partial charge on any atom is -0.492 e. The van der Waals surface area contributed by atoms with E-state index in [1.165, 1.54) is 11.3 Å². The molecule has 0 aliphatic carbocycles. The number of rotatable bonds is 7. The molecule has 7 heteroatoms. The summed E-state index contributed by atoms with van der Waals surface area (Å²) in [4.78, 5) is 16.4. The topological polar surface area (TPSA) is 77.2 Å². The third kappa shape index (κ3) is 4.43. The fourth-order valence-corrected chi connectivity index (χ4v) is 2.79. The average Bonchev–Trinajstić information content (AvgIpc) is 2.96. The van der Waals surface area contributed by atoms with Gasteiger partial charge in [-0.25, -0.2) is 4.98 Å². The molecule has 0 aliphatic rings. The van der Waals surface area contributed by atoms with Crippen LogP contribution >= 0.6 is 22.9 Å². The molecule has 5 nitrogen and oxygen atoms in total. The molecule has 1 aromatic carbocycles. The van der Waals surface area contributed by atoms with Gasteiger partial charge < -0.3 is 15.8 Å². The predicted molar refractivity (Wildman–Crippen MR) is 90.1 cm³/mol. The first kappa shape index (κ1) is 16.7. The normalized spacial score (nSPS) is 10.5. The second-order valence-electron chi connectivity index (χ2n) is 4.61. The Kier molecular flexibility index (Phi) is 6.18. The zero-order valence-electron chi connectivity index (χ0n) is 12.3. The number of benzene rings is 1. The Morgan fingerprint density at radius 2 is 2.32 bits per heavy atom. The van der Waals surface area contributed by atoms with Gasteiger partial charge in [-0.3, -0.25) is 4.79 Å². The predicted octanol–water partition coefficient (Wildman–Crippen LogP) is 3.34. The number of anilines is 1. The summed E-state index contributed by atoms with van der Waals surface area (Å²) in [6.07, 6.45) is 1.58. The molecule has 0 fully saturated rings. The molecule has 3 N–H and O–H groups in total. The Labute approximate surface area is 138 Å². The van der Waals surface area contributed by atoms with E-state index in [-0.39, 0.29) is 5.91 Å². The molecular formula is C15H18ClN3O2S. The van der Waals surface area contributed by atoms with Gasteiger partial charge in [-0.05, 0) is 31.2 Å². The Bertz CT molecular complexity index is 645. The van der Waals surface area contributed by atoms with Gasteiger partial charge in [0.05, 0.1) is 16.6 Å². The van der Waals surface area contributed by atoms with Gasteiger partial charge in [0.25, 0.3) is 5.91 Å². The Balaban J connectivity index is 2.03. The van der Waals surface area contributed by atoms with Crippen LogP contribution in [0.1, 0.15) is 28.8 Å². The molecule has 2 rings (SSSR count). The van der Waals surface area contributed by atoms with Gasteiger partial charge in [0.15, 0.2) is 0 Å². The molecule has 0 saturated carbocycles. The molecule has 0 aliphatic heterocycles. The Morgan fingerprint density at radius 1 is 1.50 bits per heavy atom. The highest BCUT2D eigenvalue weighted by molar-refractivity contribution is 7.09. The number of nitrogens with zero attached hydrogens (tertiary/aromatic N) is 1. The Morgan fingerprint density at radius 3 is 3.00 bits per heavy atom. The summed E-state index contributed by atoms with van der Waals surface area (Å²) in [6.45, 7) is 3.15. The molecule has 1 heterocycles. The minimum absolute atomic E-state index is 0.266. The smallest absolute Gasteiger partial charge is 0.275 e. The van der Waals surface area contributed by atoms with Gasteiger partial charge in [-0.2, -0.15) is 0 Å². The van der Waals surface area contributed by atoms with E-state index in [4.69, 9.17) is 22.1 Å². The molecule has 2 aromatic rings. The molecule has 22 heavy (non-hydrogen) atoms. The molecule has 1 amide bonds. The summed E-state index contributed by atoms with van der Waals surface area (Å²) < 4.78 is 5.49. The van der Waals surface area contributed by atoms with Crippen molar-refractivity contribution >= 4 is 34.5 Å². The van der Waals surface area contributed by atoms with Crippen LogP contribution in [0.5, 0.6) is 5.75 Å². The van der Waals surface area contributed by atoms with Crippen LogP contribution in [0.15, 0.2) is 23.6 Å². The van der Waals surface area contributed by atoms with Gasteiger partial charge in [-0.15, -0.1) is 11.3 Å². The van der Waals surface area contributed by atoms with Gasteiger partial charge in [0.2, 0.25) is 0 Å². The van der Waals surface area contributed by atoms with E-state index in [0.29, 0.717) is 41.7 Å². The third-order valence-corrected chi connectivity index (χ3v) is 4.00. The summed E-state index contributed by atoms with van der Waals surface area (Å²) >= 11 is 7.57. The van der Waals surface area contributed by atoms with Crippen LogP contribution < -0.4 is 15.8 Å². The number of carbonyl (C=O) groups is 1. The largest absolute Gasteiger partial charge is 0.492 e. The monoisotopic (exact) mass is 339 g/mol. The van der Waals surface area contributed by atoms with E-state index < -0.39 is 0 Å². The molecule has 0 saturated heterocycles. The van der Waals surface area contributed by atoms with Crippen LogP contribution in [0.2, 0.25) is 5.02 Å². The average molecular weight is 340 g/mol. The lowest BCUT2D eigenvalue weighted by Gasteiger charge is -2.09. The van der Waals surface area contributed by atoms with E-state index in [1.807, 2.05) is 6.92 Å². The molecule has 1 aromatic heterocycles. The van der Waals surface area contributed by atoms with Crippen molar-refractivity contribution in [2.75, 3.05) is 18.5 Å². The van der Waals surface area contributed by atoms with Gasteiger partial charge in [-0.1, -0.05) is 18.5 Å². The lowest BCUT2D eigenvalue weighted by Crippen LogP contribution is -2.13. The van der Waals surface area contributed by atoms with Crippen LogP contribution in [0.4, 0.5) is 5.69 Å². The van der Waals surface area contributed by atoms with Crippen LogP contribution in [0, 0.1) is 0 Å². The van der Waals surface area contributed by atoms with Gasteiger partial charge in [0.1, 0.15) is 11.4 Å². The van der Waals surface area contributed by atoms with Crippen molar-refractivity contribution < 1.29 is 9.53 Å². The molecule has 0 spiro atoms. The highest BCUT2D eigenvalue weighted by atomic mass is 35.5. The van der Waals surface area contributed by atoms with Crippen molar-refractivity contribution in [3.63, 3.8) is 0 Å². The second-order valence-corrected chi connectivity index (χ2v) is 5.96. The first-order valence-electron chi connectivity index (χ1n) is 7.02. The fourth-order valence-electron chi connectivity index (χ4n) is 1.76. The van der Waals surface area contributed by atoms with Crippen LogP contribution in [-0.2, 0) is 6.42 Å². The van der Waals surface area contributed by atoms with Crippen molar-refractivity contribution in [3.8, 4) is 5.75 Å². The van der Waals surface area contributed by atoms with Gasteiger partial charge >= 0.3 is 0 Å². The van der Waals surface area contributed by atoms with Crippen LogP contribution in [-0.4, -0.2) is 24.0 Å². The van der Waals surface area contributed by atoms with Gasteiger partial charge in [0, 0.05) is 17.5 Å². The summed E-state index contributed by atoms with van der Waals surface area (Å²) in [6, 6.07) is 5.16. The maximum absolute atomic E-state index is 12.1. The van der Waals surface area contributed by atoms with E-state index in [2.05, 4.69) is 10.3 Å².